The largest absolute Gasteiger partial charge is 0.490 e. The first-order chi connectivity index (χ1) is 17.1. The Labute approximate surface area is 203 Å². The number of carbonyl (C=O) groups excluding carboxylic acids is 1. The number of fused-ring (bicyclic) bond motifs is 1. The first-order valence-corrected chi connectivity index (χ1v) is 11.0. The van der Waals surface area contributed by atoms with Gasteiger partial charge in [-0.1, -0.05) is 0 Å². The molecule has 0 radical (unpaired) electrons. The van der Waals surface area contributed by atoms with Crippen LogP contribution in [0.5, 0.6) is 0 Å². The van der Waals surface area contributed by atoms with Crippen molar-refractivity contribution in [2.75, 3.05) is 13.1 Å². The van der Waals surface area contributed by atoms with E-state index >= 15 is 0 Å². The molecule has 1 amide bonds. The van der Waals surface area contributed by atoms with E-state index in [1.807, 2.05) is 46.8 Å². The first-order valence-electron chi connectivity index (χ1n) is 11.0. The number of amides is 1. The Balaban J connectivity index is 0.000000384. The van der Waals surface area contributed by atoms with Gasteiger partial charge in [-0.2, -0.15) is 18.3 Å². The number of aliphatic carboxylic acids is 1. The van der Waals surface area contributed by atoms with Crippen molar-refractivity contribution >= 4 is 17.5 Å². The van der Waals surface area contributed by atoms with Gasteiger partial charge < -0.3 is 14.4 Å². The van der Waals surface area contributed by atoms with Crippen molar-refractivity contribution in [3.63, 3.8) is 0 Å². The summed E-state index contributed by atoms with van der Waals surface area (Å²) in [5.41, 5.74) is 3.60. The molecule has 1 N–H and O–H groups in total. The van der Waals surface area contributed by atoms with E-state index < -0.39 is 12.1 Å². The predicted molar refractivity (Wildman–Crippen MR) is 121 cm³/mol. The molecule has 0 saturated carbocycles. The molecule has 188 valence electrons. The number of nitrogens with zero attached hydrogens (tertiary/aromatic N) is 5. The number of halogens is 3. The van der Waals surface area contributed by atoms with Crippen LogP contribution in [0.4, 0.5) is 13.2 Å². The number of hydrogen-bond acceptors (Lipinski definition) is 6. The minimum atomic E-state index is -5.08. The van der Waals surface area contributed by atoms with Gasteiger partial charge in [-0.25, -0.2) is 14.3 Å². The Morgan fingerprint density at radius 1 is 1.11 bits per heavy atom. The van der Waals surface area contributed by atoms with E-state index in [9.17, 15) is 18.0 Å². The first kappa shape index (κ1) is 24.9. The fourth-order valence-electron chi connectivity index (χ4n) is 3.94. The van der Waals surface area contributed by atoms with Crippen LogP contribution in [0, 0.1) is 6.92 Å². The lowest BCUT2D eigenvalue weighted by Crippen LogP contribution is -2.39. The highest BCUT2D eigenvalue weighted by molar-refractivity contribution is 5.95. The van der Waals surface area contributed by atoms with Crippen molar-refractivity contribution in [1.82, 2.24) is 24.5 Å². The summed E-state index contributed by atoms with van der Waals surface area (Å²) in [5.74, 6) is -1.16. The molecule has 0 aromatic carbocycles. The summed E-state index contributed by atoms with van der Waals surface area (Å²) in [6.07, 6.45) is 3.94. The number of hydrogen-bond donors (Lipinski definition) is 1. The van der Waals surface area contributed by atoms with Gasteiger partial charge in [0, 0.05) is 43.2 Å². The SMILES string of the molecule is Cc1occc1C(=O)N1CCCC(c2nc3ccc(-c4ccncc4)cn3n2)C1.O=C(O)C(F)(F)F. The van der Waals surface area contributed by atoms with Crippen LogP contribution >= 0.6 is 0 Å². The van der Waals surface area contributed by atoms with Crippen LogP contribution in [0.1, 0.15) is 40.7 Å². The molecule has 1 atom stereocenters. The zero-order valence-electron chi connectivity index (χ0n) is 19.1. The topological polar surface area (TPSA) is 114 Å². The normalized spacial score (nSPS) is 15.9. The quantitative estimate of drug-likeness (QED) is 0.444. The second kappa shape index (κ2) is 10.2. The second-order valence-corrected chi connectivity index (χ2v) is 8.21. The van der Waals surface area contributed by atoms with Gasteiger partial charge in [-0.15, -0.1) is 0 Å². The number of carboxylic acids is 1. The molecule has 4 aromatic heterocycles. The van der Waals surface area contributed by atoms with Gasteiger partial charge in [-0.3, -0.25) is 9.78 Å². The van der Waals surface area contributed by atoms with Crippen LogP contribution in [0.15, 0.2) is 59.6 Å². The number of carboxylic acid groups (broad SMARTS) is 1. The predicted octanol–water partition coefficient (Wildman–Crippen LogP) is 4.35. The summed E-state index contributed by atoms with van der Waals surface area (Å²) in [6.45, 7) is 3.19. The monoisotopic (exact) mass is 501 g/mol. The van der Waals surface area contributed by atoms with E-state index in [1.165, 1.54) is 0 Å². The molecule has 5 rings (SSSR count). The minimum absolute atomic E-state index is 0.0182. The third-order valence-corrected chi connectivity index (χ3v) is 5.77. The van der Waals surface area contributed by atoms with Crippen LogP contribution in [-0.4, -0.2) is 60.7 Å². The summed E-state index contributed by atoms with van der Waals surface area (Å²) in [6, 6.07) is 9.71. The van der Waals surface area contributed by atoms with Crippen LogP contribution in [0.3, 0.4) is 0 Å². The molecule has 12 heteroatoms. The maximum absolute atomic E-state index is 12.8. The Kier molecular flexibility index (Phi) is 7.04. The number of carbonyl (C=O) groups is 2. The highest BCUT2D eigenvalue weighted by Gasteiger charge is 2.38. The van der Waals surface area contributed by atoms with Gasteiger partial charge in [0.2, 0.25) is 0 Å². The van der Waals surface area contributed by atoms with Crippen molar-refractivity contribution in [2.24, 2.45) is 0 Å². The molecule has 1 fully saturated rings. The molecule has 0 aliphatic carbocycles. The Morgan fingerprint density at radius 2 is 1.83 bits per heavy atom. The lowest BCUT2D eigenvalue weighted by Gasteiger charge is -2.31. The third kappa shape index (κ3) is 5.53. The molecule has 1 saturated heterocycles. The van der Waals surface area contributed by atoms with E-state index in [0.717, 1.165) is 42.0 Å². The van der Waals surface area contributed by atoms with Gasteiger partial charge in [0.05, 0.1) is 11.8 Å². The summed E-state index contributed by atoms with van der Waals surface area (Å²) < 4.78 is 38.9. The smallest absolute Gasteiger partial charge is 0.475 e. The van der Waals surface area contributed by atoms with Crippen molar-refractivity contribution in [2.45, 2.75) is 31.9 Å². The van der Waals surface area contributed by atoms with Crippen molar-refractivity contribution in [3.05, 3.63) is 72.3 Å². The average molecular weight is 501 g/mol. The number of piperidine rings is 1. The number of likely N-dealkylation sites (tertiary alicyclic amines) is 1. The van der Waals surface area contributed by atoms with Crippen LogP contribution in [0.25, 0.3) is 16.8 Å². The van der Waals surface area contributed by atoms with Crippen molar-refractivity contribution in [1.29, 1.82) is 0 Å². The summed E-state index contributed by atoms with van der Waals surface area (Å²) >= 11 is 0. The molecular weight excluding hydrogens is 479 g/mol. The summed E-state index contributed by atoms with van der Waals surface area (Å²) in [4.78, 5) is 32.4. The number of alkyl halides is 3. The number of rotatable bonds is 3. The summed E-state index contributed by atoms with van der Waals surface area (Å²) in [5, 5.41) is 11.9. The zero-order valence-corrected chi connectivity index (χ0v) is 19.1. The van der Waals surface area contributed by atoms with Gasteiger partial charge >= 0.3 is 12.1 Å². The van der Waals surface area contributed by atoms with Crippen molar-refractivity contribution < 1.29 is 32.3 Å². The van der Waals surface area contributed by atoms with Crippen molar-refractivity contribution in [3.8, 4) is 11.1 Å². The minimum Gasteiger partial charge on any atom is -0.475 e. The average Bonchev–Trinajstić information content (AvgIpc) is 3.49. The molecule has 0 spiro atoms. The zero-order chi connectivity index (χ0) is 25.9. The molecular formula is C24H22F3N5O4. The fraction of sp³-hybridized carbons (Fsp3) is 0.292. The van der Waals surface area contributed by atoms with Crippen LogP contribution in [0.2, 0.25) is 0 Å². The lowest BCUT2D eigenvalue weighted by molar-refractivity contribution is -0.192. The van der Waals surface area contributed by atoms with Crippen LogP contribution in [-0.2, 0) is 4.79 Å². The maximum atomic E-state index is 12.8. The molecule has 36 heavy (non-hydrogen) atoms. The maximum Gasteiger partial charge on any atom is 0.490 e. The number of furan rings is 1. The van der Waals surface area contributed by atoms with E-state index in [4.69, 9.17) is 24.4 Å². The molecule has 4 aromatic rings. The summed E-state index contributed by atoms with van der Waals surface area (Å²) in [7, 11) is 0. The molecule has 1 aliphatic rings. The molecule has 5 heterocycles. The Bertz CT molecular complexity index is 1370. The number of aromatic nitrogens is 4. The number of aryl methyl sites for hydroxylation is 1. The highest BCUT2D eigenvalue weighted by atomic mass is 19.4. The Morgan fingerprint density at radius 3 is 2.47 bits per heavy atom. The van der Waals surface area contributed by atoms with Gasteiger partial charge in [0.1, 0.15) is 5.76 Å². The van der Waals surface area contributed by atoms with E-state index in [2.05, 4.69) is 4.98 Å². The lowest BCUT2D eigenvalue weighted by atomic mass is 9.97. The van der Waals surface area contributed by atoms with Gasteiger partial charge in [-0.05, 0) is 55.7 Å². The molecule has 1 aliphatic heterocycles. The van der Waals surface area contributed by atoms with Gasteiger partial charge in [0.25, 0.3) is 5.91 Å². The van der Waals surface area contributed by atoms with Gasteiger partial charge in [0.15, 0.2) is 11.5 Å². The van der Waals surface area contributed by atoms with E-state index in [-0.39, 0.29) is 11.8 Å². The second-order valence-electron chi connectivity index (χ2n) is 8.21. The highest BCUT2D eigenvalue weighted by Crippen LogP contribution is 2.27. The van der Waals surface area contributed by atoms with E-state index in [1.54, 1.807) is 24.7 Å². The fourth-order valence-corrected chi connectivity index (χ4v) is 3.94. The van der Waals surface area contributed by atoms with Crippen LogP contribution < -0.4 is 0 Å². The molecule has 1 unspecified atom stereocenters. The van der Waals surface area contributed by atoms with E-state index in [0.29, 0.717) is 17.9 Å². The molecule has 9 nitrogen and oxygen atoms in total. The number of pyridine rings is 2. The third-order valence-electron chi connectivity index (χ3n) is 5.77. The molecule has 0 bridgehead atoms. The Hall–Kier alpha value is -4.22. The standard InChI is InChI=1S/C22H21N5O2.C2HF3O2/c1-15-19(8-12-29-15)22(28)26-11-2-3-18(13-26)21-24-20-5-4-17(14-27(20)25-21)16-6-9-23-10-7-16;3-2(4,5)1(6)7/h4-10,12,14,18H,2-3,11,13H2,1H3;(H,6,7).